The second kappa shape index (κ2) is 63.3. The molecule has 2 unspecified atom stereocenters. The molecule has 432 valence electrons. The molecule has 0 aliphatic carbocycles. The zero-order chi connectivity index (χ0) is 53.2. The van der Waals surface area contributed by atoms with Gasteiger partial charge in [0.2, 0.25) is 20.8 Å². The van der Waals surface area contributed by atoms with Crippen LogP contribution in [0.2, 0.25) is 0 Å². The van der Waals surface area contributed by atoms with E-state index in [4.69, 9.17) is 0 Å². The molecule has 2 atom stereocenters. The summed E-state index contributed by atoms with van der Waals surface area (Å²) < 4.78 is 74.2. The van der Waals surface area contributed by atoms with Gasteiger partial charge in [-0.3, -0.25) is 8.37 Å². The predicted octanol–water partition coefficient (Wildman–Crippen LogP) is 20.5. The first-order valence-corrected chi connectivity index (χ1v) is 34.2. The Hall–Kier alpha value is 0.480. The summed E-state index contributed by atoms with van der Waals surface area (Å²) in [7, 11) is -9.22. The van der Waals surface area contributed by atoms with Crippen molar-refractivity contribution < 1.29 is 34.3 Å². The van der Waals surface area contributed by atoms with Gasteiger partial charge in [0.1, 0.15) is 0 Å². The Bertz CT molecular complexity index is 1230. The quantitative estimate of drug-likeness (QED) is 0.0193. The molecule has 0 aromatic carbocycles. The fourth-order valence-corrected chi connectivity index (χ4v) is 10.4. The molecule has 0 spiro atoms. The maximum Gasteiger partial charge on any atom is 2.00 e. The first-order chi connectivity index (χ1) is 35.0. The zero-order valence-electron chi connectivity index (χ0n) is 49.0. The van der Waals surface area contributed by atoms with Crippen molar-refractivity contribution >= 4 is 58.5 Å². The van der Waals surface area contributed by atoms with Crippen molar-refractivity contribution in [2.24, 2.45) is 11.8 Å². The summed E-state index contributed by atoms with van der Waals surface area (Å²) in [6.45, 7) is 8.96. The van der Waals surface area contributed by atoms with Crippen molar-refractivity contribution in [2.45, 2.75) is 349 Å². The summed E-state index contributed by atoms with van der Waals surface area (Å²) >= 11 is 0. The molecule has 8 nitrogen and oxygen atoms in total. The zero-order valence-corrected chi connectivity index (χ0v) is 52.9. The summed E-state index contributed by atoms with van der Waals surface area (Å²) in [5.74, 6) is 0.0378. The average molecular weight is 1100 g/mol. The average Bonchev–Trinajstić information content (AvgIpc) is 3.35. The van der Waals surface area contributed by atoms with Crippen LogP contribution in [0.25, 0.3) is 0 Å². The van der Waals surface area contributed by atoms with Crippen LogP contribution in [0.1, 0.15) is 349 Å². The van der Waals surface area contributed by atoms with E-state index in [-0.39, 0.29) is 62.8 Å². The molecule has 0 saturated carbocycles. The van der Waals surface area contributed by atoms with Crippen molar-refractivity contribution in [3.8, 4) is 0 Å². The van der Waals surface area contributed by atoms with E-state index in [0.29, 0.717) is 0 Å². The molecule has 73 heavy (non-hydrogen) atoms. The second-order valence-electron chi connectivity index (χ2n) is 21.8. The first kappa shape index (κ1) is 77.7. The van der Waals surface area contributed by atoms with E-state index in [0.717, 1.165) is 38.5 Å². The Kier molecular flexibility index (Phi) is 67.4. The first-order valence-electron chi connectivity index (χ1n) is 31.5. The van der Waals surface area contributed by atoms with Crippen LogP contribution in [0.5, 0.6) is 0 Å². The minimum Gasteiger partial charge on any atom is -0.726 e. The Balaban J connectivity index is -0.00000132. The van der Waals surface area contributed by atoms with Gasteiger partial charge in [0.25, 0.3) is 0 Å². The second-order valence-corrected chi connectivity index (χ2v) is 23.9. The molecule has 11 heteroatoms. The van der Waals surface area contributed by atoms with Crippen molar-refractivity contribution in [1.82, 2.24) is 0 Å². The van der Waals surface area contributed by atoms with E-state index in [2.05, 4.69) is 60.4 Å². The summed E-state index contributed by atoms with van der Waals surface area (Å²) in [5.41, 5.74) is 0. The summed E-state index contributed by atoms with van der Waals surface area (Å²) in [4.78, 5) is 0. The van der Waals surface area contributed by atoms with Gasteiger partial charge in [-0.05, 0) is 38.5 Å². The molecule has 0 radical (unpaired) electrons. The van der Waals surface area contributed by atoms with Crippen LogP contribution in [0.3, 0.4) is 0 Å². The van der Waals surface area contributed by atoms with Crippen LogP contribution < -0.4 is 0 Å². The molecule has 0 saturated heterocycles. The minimum absolute atomic E-state index is 0. The van der Waals surface area contributed by atoms with Crippen LogP contribution in [0.15, 0.2) is 24.3 Å². The molecule has 0 bridgehead atoms. The van der Waals surface area contributed by atoms with Crippen molar-refractivity contribution in [3.05, 3.63) is 24.3 Å². The Morgan fingerprint density at radius 1 is 0.301 bits per heavy atom. The molecular weight excluding hydrogens is 977 g/mol. The molecule has 0 aromatic rings. The minimum atomic E-state index is -4.61. The van der Waals surface area contributed by atoms with Gasteiger partial charge in [-0.1, -0.05) is 335 Å². The number of allylic oxidation sites excluding steroid dienone is 2. The topological polar surface area (TPSA) is 133 Å². The van der Waals surface area contributed by atoms with Gasteiger partial charge in [0, 0.05) is 11.8 Å². The van der Waals surface area contributed by atoms with Gasteiger partial charge in [0.15, 0.2) is 0 Å². The molecular formula is C62H122CaO8S2. The standard InChI is InChI=1S/2C31H62O4S.Ca/c2*1-3-5-7-9-11-12-13-14-15-16-17-18-19-20-21-23-25-27-29-31(30-35-36(32,33)34)28-26-24-22-10-8-6-4-2;/h2*26,28,31H,3-25,27,29-30H2,1-2H3,(H,32,33,34);/q;;+2/p-2/b2*28-26+;. The van der Waals surface area contributed by atoms with E-state index >= 15 is 0 Å². The van der Waals surface area contributed by atoms with Crippen LogP contribution in [-0.4, -0.2) is 76.9 Å². The van der Waals surface area contributed by atoms with Crippen LogP contribution in [0, 0.1) is 11.8 Å². The fraction of sp³-hybridized carbons (Fsp3) is 0.935. The molecule has 0 heterocycles. The normalized spacial score (nSPS) is 12.9. The SMILES string of the molecule is CCCCCCC/C=C/C(CCCCCCCCCCCCCCCCCCCC)COS(=O)(=O)[O-].CCCCCCC/C=C/C(CCCCCCCCCCCCCCCCCCCC)COS(=O)(=O)[O-].[Ca+2]. The Morgan fingerprint density at radius 3 is 0.671 bits per heavy atom. The number of hydrogen-bond acceptors (Lipinski definition) is 8. The molecule has 0 aliphatic heterocycles. The summed E-state index contributed by atoms with van der Waals surface area (Å²) in [5, 5.41) is 0. The smallest absolute Gasteiger partial charge is 0.726 e. The molecule has 0 aromatic heterocycles. The number of unbranched alkanes of at least 4 members (excludes halogenated alkanes) is 44. The van der Waals surface area contributed by atoms with Gasteiger partial charge in [0.05, 0.1) is 13.2 Å². The molecule has 0 aliphatic rings. The third-order valence-electron chi connectivity index (χ3n) is 14.5. The third-order valence-corrected chi connectivity index (χ3v) is 15.3. The van der Waals surface area contributed by atoms with E-state index in [1.165, 1.54) is 283 Å². The molecule has 0 N–H and O–H groups in total. The van der Waals surface area contributed by atoms with Crippen molar-refractivity contribution in [3.63, 3.8) is 0 Å². The van der Waals surface area contributed by atoms with Gasteiger partial charge < -0.3 is 9.11 Å². The Morgan fingerprint density at radius 2 is 0.479 bits per heavy atom. The van der Waals surface area contributed by atoms with Gasteiger partial charge in [-0.2, -0.15) is 0 Å². The summed E-state index contributed by atoms with van der Waals surface area (Å²) in [6, 6.07) is 0. The van der Waals surface area contributed by atoms with E-state index in [9.17, 15) is 25.9 Å². The predicted molar refractivity (Wildman–Crippen MR) is 316 cm³/mol. The van der Waals surface area contributed by atoms with Crippen LogP contribution >= 0.6 is 0 Å². The van der Waals surface area contributed by atoms with Gasteiger partial charge in [-0.15, -0.1) is 0 Å². The van der Waals surface area contributed by atoms with E-state index in [1.807, 2.05) is 0 Å². The van der Waals surface area contributed by atoms with E-state index < -0.39 is 20.8 Å². The summed E-state index contributed by atoms with van der Waals surface area (Å²) in [6.07, 6.45) is 73.5. The maximum atomic E-state index is 10.9. The third kappa shape index (κ3) is 72.5. The molecule has 0 fully saturated rings. The van der Waals surface area contributed by atoms with Crippen LogP contribution in [-0.2, 0) is 29.2 Å². The van der Waals surface area contributed by atoms with Gasteiger partial charge in [-0.25, -0.2) is 16.8 Å². The maximum absolute atomic E-state index is 10.9. The molecule has 0 rings (SSSR count). The van der Waals surface area contributed by atoms with Crippen LogP contribution in [0.4, 0.5) is 0 Å². The van der Waals surface area contributed by atoms with Gasteiger partial charge >= 0.3 is 37.7 Å². The van der Waals surface area contributed by atoms with Crippen molar-refractivity contribution in [1.29, 1.82) is 0 Å². The number of hydrogen-bond donors (Lipinski definition) is 0. The fourth-order valence-electron chi connectivity index (χ4n) is 9.74. The monoisotopic (exact) mass is 1100 g/mol. The largest absolute Gasteiger partial charge is 2.00 e. The molecule has 0 amide bonds. The van der Waals surface area contributed by atoms with Crippen molar-refractivity contribution in [2.75, 3.05) is 13.2 Å². The Labute approximate surface area is 487 Å². The number of rotatable bonds is 58. The van der Waals surface area contributed by atoms with E-state index in [1.54, 1.807) is 0 Å².